The molecule has 0 aliphatic heterocycles. The third kappa shape index (κ3) is 2.55. The number of hydrogen-bond donors (Lipinski definition) is 1. The van der Waals surface area contributed by atoms with Crippen LogP contribution >= 0.6 is 0 Å². The van der Waals surface area contributed by atoms with Crippen LogP contribution in [0.15, 0.2) is 54.6 Å². The molecular weight excluding hydrogens is 230 g/mol. The van der Waals surface area contributed by atoms with E-state index in [2.05, 4.69) is 5.32 Å². The summed E-state index contributed by atoms with van der Waals surface area (Å²) in [6.45, 7) is 0. The number of carbonyl (C=O) groups excluding carboxylic acids is 2. The van der Waals surface area contributed by atoms with Crippen molar-refractivity contribution in [1.82, 2.24) is 0 Å². The van der Waals surface area contributed by atoms with Crippen LogP contribution in [0, 0.1) is 0 Å². The summed E-state index contributed by atoms with van der Waals surface area (Å²) in [5.41, 5.74) is 0.572. The van der Waals surface area contributed by atoms with Gasteiger partial charge in [0.2, 0.25) is 0 Å². The molecule has 0 bridgehead atoms. The second-order valence-corrected chi connectivity index (χ2v) is 3.65. The van der Waals surface area contributed by atoms with Crippen molar-refractivity contribution in [3.05, 3.63) is 65.7 Å². The lowest BCUT2D eigenvalue weighted by Gasteiger charge is -2.10. The minimum Gasteiger partial charge on any atom is -0.545 e. The van der Waals surface area contributed by atoms with Gasteiger partial charge in [0.05, 0.1) is 5.97 Å². The number of carbonyl (C=O) groups is 2. The fraction of sp³-hybridized carbons (Fsp3) is 0. The molecular formula is C14H10NO3-. The van der Waals surface area contributed by atoms with E-state index in [1.54, 1.807) is 36.4 Å². The molecule has 0 atom stereocenters. The number of aromatic carboxylic acids is 1. The first-order valence-electron chi connectivity index (χ1n) is 5.35. The van der Waals surface area contributed by atoms with E-state index in [9.17, 15) is 14.7 Å². The van der Waals surface area contributed by atoms with E-state index in [4.69, 9.17) is 0 Å². The van der Waals surface area contributed by atoms with Crippen LogP contribution in [0.4, 0.5) is 5.69 Å². The van der Waals surface area contributed by atoms with Gasteiger partial charge in [-0.2, -0.15) is 0 Å². The number of carboxylic acid groups (broad SMARTS) is 1. The van der Waals surface area contributed by atoms with Crippen molar-refractivity contribution in [2.45, 2.75) is 0 Å². The lowest BCUT2D eigenvalue weighted by Crippen LogP contribution is -2.26. The summed E-state index contributed by atoms with van der Waals surface area (Å²) < 4.78 is 0. The van der Waals surface area contributed by atoms with Crippen molar-refractivity contribution in [3.8, 4) is 0 Å². The maximum Gasteiger partial charge on any atom is 0.256 e. The van der Waals surface area contributed by atoms with Gasteiger partial charge in [-0.15, -0.1) is 0 Å². The normalized spacial score (nSPS) is 9.78. The third-order valence-electron chi connectivity index (χ3n) is 2.42. The van der Waals surface area contributed by atoms with Crippen molar-refractivity contribution in [1.29, 1.82) is 0 Å². The van der Waals surface area contributed by atoms with Crippen LogP contribution in [-0.4, -0.2) is 11.9 Å². The summed E-state index contributed by atoms with van der Waals surface area (Å²) in [5, 5.41) is 13.5. The minimum atomic E-state index is -1.37. The second kappa shape index (κ2) is 5.14. The number of rotatable bonds is 3. The minimum absolute atomic E-state index is 0.0846. The van der Waals surface area contributed by atoms with E-state index >= 15 is 0 Å². The summed E-state index contributed by atoms with van der Waals surface area (Å²) in [5.74, 6) is -1.84. The zero-order valence-corrected chi connectivity index (χ0v) is 9.42. The van der Waals surface area contributed by atoms with E-state index in [0.717, 1.165) is 0 Å². The topological polar surface area (TPSA) is 69.2 Å². The quantitative estimate of drug-likeness (QED) is 0.879. The molecule has 18 heavy (non-hydrogen) atoms. The van der Waals surface area contributed by atoms with Gasteiger partial charge >= 0.3 is 0 Å². The molecule has 0 saturated heterocycles. The maximum absolute atomic E-state index is 11.9. The molecule has 0 saturated carbocycles. The Labute approximate surface area is 104 Å². The van der Waals surface area contributed by atoms with Crippen LogP contribution in [0.1, 0.15) is 20.7 Å². The Morgan fingerprint density at radius 2 is 1.39 bits per heavy atom. The predicted octanol–water partition coefficient (Wildman–Crippen LogP) is 1.30. The first-order valence-corrected chi connectivity index (χ1v) is 5.35. The largest absolute Gasteiger partial charge is 0.545 e. The van der Waals surface area contributed by atoms with Gasteiger partial charge in [0.25, 0.3) is 5.91 Å². The molecule has 2 aromatic carbocycles. The van der Waals surface area contributed by atoms with Gasteiger partial charge in [0.1, 0.15) is 0 Å². The SMILES string of the molecule is O=C([O-])c1ccccc1C(=O)Nc1ccccc1. The Morgan fingerprint density at radius 1 is 0.833 bits per heavy atom. The highest BCUT2D eigenvalue weighted by Crippen LogP contribution is 2.12. The number of nitrogens with one attached hydrogen (secondary N) is 1. The number of hydrogen-bond acceptors (Lipinski definition) is 3. The highest BCUT2D eigenvalue weighted by atomic mass is 16.4. The molecule has 1 N–H and O–H groups in total. The molecule has 0 unspecified atom stereocenters. The van der Waals surface area contributed by atoms with Gasteiger partial charge in [0, 0.05) is 16.8 Å². The smallest absolute Gasteiger partial charge is 0.256 e. The summed E-state index contributed by atoms with van der Waals surface area (Å²) in [7, 11) is 0. The number of amides is 1. The zero-order valence-electron chi connectivity index (χ0n) is 9.42. The van der Waals surface area contributed by atoms with E-state index in [1.165, 1.54) is 12.1 Å². The van der Waals surface area contributed by atoms with E-state index in [0.29, 0.717) is 5.69 Å². The van der Waals surface area contributed by atoms with Gasteiger partial charge in [0.15, 0.2) is 0 Å². The van der Waals surface area contributed by atoms with Crippen LogP contribution in [-0.2, 0) is 0 Å². The summed E-state index contributed by atoms with van der Waals surface area (Å²) in [4.78, 5) is 22.8. The number of anilines is 1. The lowest BCUT2D eigenvalue weighted by molar-refractivity contribution is -0.255. The molecule has 0 aliphatic rings. The average Bonchev–Trinajstić information content (AvgIpc) is 2.40. The van der Waals surface area contributed by atoms with Crippen LogP contribution < -0.4 is 10.4 Å². The molecule has 4 heteroatoms. The molecule has 4 nitrogen and oxygen atoms in total. The molecule has 2 aromatic rings. The van der Waals surface area contributed by atoms with Crippen LogP contribution in [0.3, 0.4) is 0 Å². The average molecular weight is 240 g/mol. The monoisotopic (exact) mass is 240 g/mol. The molecule has 0 spiro atoms. The maximum atomic E-state index is 11.9. The Kier molecular flexibility index (Phi) is 3.38. The molecule has 90 valence electrons. The number of carboxylic acids is 1. The highest BCUT2D eigenvalue weighted by Gasteiger charge is 2.11. The standard InChI is InChI=1S/C14H11NO3/c16-13(15-10-6-2-1-3-7-10)11-8-4-5-9-12(11)14(17)18/h1-9H,(H,15,16)(H,17,18)/p-1. The predicted molar refractivity (Wildman–Crippen MR) is 65.2 cm³/mol. The van der Waals surface area contributed by atoms with Gasteiger partial charge in [-0.05, 0) is 18.2 Å². The first-order chi connectivity index (χ1) is 8.68. The van der Waals surface area contributed by atoms with Gasteiger partial charge in [-0.25, -0.2) is 0 Å². The van der Waals surface area contributed by atoms with Gasteiger partial charge in [-0.1, -0.05) is 36.4 Å². The molecule has 0 aromatic heterocycles. The summed E-state index contributed by atoms with van der Waals surface area (Å²) in [6.07, 6.45) is 0. The van der Waals surface area contributed by atoms with Crippen LogP contribution in [0.25, 0.3) is 0 Å². The molecule has 1 amide bonds. The summed E-state index contributed by atoms with van der Waals surface area (Å²) in [6, 6.07) is 14.8. The van der Waals surface area contributed by atoms with Crippen molar-refractivity contribution < 1.29 is 14.7 Å². The Balaban J connectivity index is 2.27. The molecule has 0 fully saturated rings. The Hall–Kier alpha value is -2.62. The van der Waals surface area contributed by atoms with Crippen LogP contribution in [0.2, 0.25) is 0 Å². The zero-order chi connectivity index (χ0) is 13.0. The molecule has 0 aliphatic carbocycles. The Bertz CT molecular complexity index is 579. The van der Waals surface area contributed by atoms with Gasteiger partial charge in [-0.3, -0.25) is 4.79 Å². The van der Waals surface area contributed by atoms with E-state index < -0.39 is 11.9 Å². The lowest BCUT2D eigenvalue weighted by atomic mass is 10.1. The highest BCUT2D eigenvalue weighted by molar-refractivity contribution is 6.10. The summed E-state index contributed by atoms with van der Waals surface area (Å²) >= 11 is 0. The second-order valence-electron chi connectivity index (χ2n) is 3.65. The number of benzene rings is 2. The van der Waals surface area contributed by atoms with Gasteiger partial charge < -0.3 is 15.2 Å². The number of para-hydroxylation sites is 1. The van der Waals surface area contributed by atoms with Crippen molar-refractivity contribution >= 4 is 17.6 Å². The molecule has 0 heterocycles. The van der Waals surface area contributed by atoms with E-state index in [-0.39, 0.29) is 11.1 Å². The van der Waals surface area contributed by atoms with Crippen molar-refractivity contribution in [2.24, 2.45) is 0 Å². The van der Waals surface area contributed by atoms with Crippen molar-refractivity contribution in [3.63, 3.8) is 0 Å². The fourth-order valence-electron chi connectivity index (χ4n) is 1.58. The van der Waals surface area contributed by atoms with E-state index in [1.807, 2.05) is 6.07 Å². The first kappa shape index (κ1) is 11.9. The van der Waals surface area contributed by atoms with Crippen molar-refractivity contribution in [2.75, 3.05) is 5.32 Å². The molecule has 0 radical (unpaired) electrons. The third-order valence-corrected chi connectivity index (χ3v) is 2.42. The van der Waals surface area contributed by atoms with Crippen LogP contribution in [0.5, 0.6) is 0 Å². The fourth-order valence-corrected chi connectivity index (χ4v) is 1.58. The molecule has 2 rings (SSSR count). The Morgan fingerprint density at radius 3 is 2.00 bits per heavy atom.